The largest absolute Gasteiger partial charge is 0.490 e. The molecule has 0 amide bonds. The van der Waals surface area contributed by atoms with Crippen LogP contribution in [0.2, 0.25) is 0 Å². The molecule has 19 heavy (non-hydrogen) atoms. The zero-order valence-electron chi connectivity index (χ0n) is 10.7. The molecule has 4 heteroatoms. The van der Waals surface area contributed by atoms with E-state index in [2.05, 4.69) is 0 Å². The zero-order valence-corrected chi connectivity index (χ0v) is 10.7. The van der Waals surface area contributed by atoms with Crippen molar-refractivity contribution < 1.29 is 14.8 Å². The van der Waals surface area contributed by atoms with E-state index in [1.807, 2.05) is 24.3 Å². The van der Waals surface area contributed by atoms with Crippen LogP contribution in [0.1, 0.15) is 25.7 Å². The molecule has 1 aliphatic rings. The maximum atomic E-state index is 9.16. The summed E-state index contributed by atoms with van der Waals surface area (Å²) in [6.07, 6.45) is 5.17. The van der Waals surface area contributed by atoms with Gasteiger partial charge < -0.3 is 14.8 Å². The zero-order chi connectivity index (χ0) is 13.2. The molecule has 2 aromatic rings. The molecule has 0 spiro atoms. The van der Waals surface area contributed by atoms with Gasteiger partial charge in [0.15, 0.2) is 0 Å². The average molecular weight is 256 g/mol. The number of hydrogen-bond donors (Lipinski definition) is 2. The van der Waals surface area contributed by atoms with Gasteiger partial charge in [-0.05, 0) is 54.1 Å². The summed E-state index contributed by atoms with van der Waals surface area (Å²) in [5, 5.41) is 20.4. The lowest BCUT2D eigenvalue weighted by Crippen LogP contribution is -2.29. The van der Waals surface area contributed by atoms with Crippen molar-refractivity contribution >= 4 is 23.4 Å². The molecule has 0 atom stereocenters. The van der Waals surface area contributed by atoms with Gasteiger partial charge in [0.05, 0.1) is 6.10 Å². The van der Waals surface area contributed by atoms with Crippen LogP contribution in [0.25, 0.3) is 10.8 Å². The van der Waals surface area contributed by atoms with E-state index in [9.17, 15) is 0 Å². The fourth-order valence-electron chi connectivity index (χ4n) is 2.67. The maximum Gasteiger partial charge on any atom is 0.488 e. The number of rotatable bonds is 3. The van der Waals surface area contributed by atoms with Crippen molar-refractivity contribution in [2.24, 2.45) is 0 Å². The highest BCUT2D eigenvalue weighted by Gasteiger charge is 2.16. The van der Waals surface area contributed by atoms with E-state index in [1.54, 1.807) is 12.1 Å². The molecule has 0 saturated heterocycles. The summed E-state index contributed by atoms with van der Waals surface area (Å²) in [5.74, 6) is 0.900. The number of ether oxygens (including phenoxy) is 1. The van der Waals surface area contributed by atoms with Crippen LogP contribution < -0.4 is 10.2 Å². The van der Waals surface area contributed by atoms with E-state index in [0.29, 0.717) is 11.6 Å². The van der Waals surface area contributed by atoms with Gasteiger partial charge in [0.25, 0.3) is 0 Å². The number of fused-ring (bicyclic) bond motifs is 1. The van der Waals surface area contributed by atoms with Crippen LogP contribution in [0.4, 0.5) is 0 Å². The first-order valence-electron chi connectivity index (χ1n) is 6.79. The third kappa shape index (κ3) is 2.75. The molecule has 0 aliphatic heterocycles. The maximum absolute atomic E-state index is 9.16. The van der Waals surface area contributed by atoms with Gasteiger partial charge in [-0.25, -0.2) is 0 Å². The third-order valence-corrected chi connectivity index (χ3v) is 3.74. The second kappa shape index (κ2) is 5.23. The van der Waals surface area contributed by atoms with Gasteiger partial charge in [0.1, 0.15) is 5.75 Å². The first-order chi connectivity index (χ1) is 9.22. The summed E-state index contributed by atoms with van der Waals surface area (Å²) in [6.45, 7) is 0. The highest BCUT2D eigenvalue weighted by atomic mass is 16.5. The van der Waals surface area contributed by atoms with Gasteiger partial charge in [-0.2, -0.15) is 0 Å². The Hall–Kier alpha value is -1.52. The first kappa shape index (κ1) is 12.5. The summed E-state index contributed by atoms with van der Waals surface area (Å²) >= 11 is 0. The average Bonchev–Trinajstić information content (AvgIpc) is 2.91. The highest BCUT2D eigenvalue weighted by Crippen LogP contribution is 2.26. The van der Waals surface area contributed by atoms with Gasteiger partial charge in [-0.15, -0.1) is 0 Å². The fourth-order valence-corrected chi connectivity index (χ4v) is 2.67. The van der Waals surface area contributed by atoms with Gasteiger partial charge in [0, 0.05) is 0 Å². The van der Waals surface area contributed by atoms with Crippen molar-refractivity contribution in [3.63, 3.8) is 0 Å². The Labute approximate surface area is 113 Å². The SMILES string of the molecule is OB(O)c1ccc2cc(OC3CCCC3)ccc2c1. The summed E-state index contributed by atoms with van der Waals surface area (Å²) in [5.41, 5.74) is 0.511. The quantitative estimate of drug-likeness (QED) is 0.824. The molecule has 2 N–H and O–H groups in total. The Morgan fingerprint density at radius 2 is 1.63 bits per heavy atom. The van der Waals surface area contributed by atoms with E-state index < -0.39 is 7.12 Å². The molecular formula is C15H17BO3. The van der Waals surface area contributed by atoms with Gasteiger partial charge in [-0.1, -0.05) is 24.3 Å². The van der Waals surface area contributed by atoms with Crippen LogP contribution in [0, 0.1) is 0 Å². The van der Waals surface area contributed by atoms with Crippen molar-refractivity contribution in [3.8, 4) is 5.75 Å². The van der Waals surface area contributed by atoms with E-state index in [1.165, 1.54) is 12.8 Å². The Morgan fingerprint density at radius 1 is 0.947 bits per heavy atom. The van der Waals surface area contributed by atoms with E-state index in [-0.39, 0.29) is 0 Å². The minimum Gasteiger partial charge on any atom is -0.490 e. The lowest BCUT2D eigenvalue weighted by molar-refractivity contribution is 0.210. The molecule has 0 unspecified atom stereocenters. The first-order valence-corrected chi connectivity index (χ1v) is 6.79. The summed E-state index contributed by atoms with van der Waals surface area (Å²) in [7, 11) is -1.42. The topological polar surface area (TPSA) is 49.7 Å². The van der Waals surface area contributed by atoms with Crippen LogP contribution >= 0.6 is 0 Å². The molecule has 1 aliphatic carbocycles. The molecule has 3 nitrogen and oxygen atoms in total. The van der Waals surface area contributed by atoms with E-state index in [0.717, 1.165) is 29.4 Å². The predicted molar refractivity (Wildman–Crippen MR) is 76.7 cm³/mol. The van der Waals surface area contributed by atoms with Crippen molar-refractivity contribution in [2.75, 3.05) is 0 Å². The molecular weight excluding hydrogens is 239 g/mol. The van der Waals surface area contributed by atoms with Crippen LogP contribution in [0.15, 0.2) is 36.4 Å². The number of hydrogen-bond acceptors (Lipinski definition) is 3. The van der Waals surface area contributed by atoms with Crippen molar-refractivity contribution in [1.29, 1.82) is 0 Å². The van der Waals surface area contributed by atoms with Crippen LogP contribution in [-0.4, -0.2) is 23.3 Å². The molecule has 1 fully saturated rings. The lowest BCUT2D eigenvalue weighted by Gasteiger charge is -2.13. The molecule has 0 radical (unpaired) electrons. The van der Waals surface area contributed by atoms with Crippen LogP contribution in [0.5, 0.6) is 5.75 Å². The molecule has 3 rings (SSSR count). The van der Waals surface area contributed by atoms with E-state index >= 15 is 0 Å². The molecule has 0 bridgehead atoms. The Kier molecular flexibility index (Phi) is 3.45. The normalized spacial score (nSPS) is 15.9. The van der Waals surface area contributed by atoms with Crippen molar-refractivity contribution in [3.05, 3.63) is 36.4 Å². The van der Waals surface area contributed by atoms with Crippen molar-refractivity contribution in [2.45, 2.75) is 31.8 Å². The second-order valence-electron chi connectivity index (χ2n) is 5.17. The molecule has 0 heterocycles. The summed E-state index contributed by atoms with van der Waals surface area (Å²) in [4.78, 5) is 0. The Balaban J connectivity index is 1.86. The van der Waals surface area contributed by atoms with Crippen LogP contribution in [0.3, 0.4) is 0 Å². The predicted octanol–water partition coefficient (Wildman–Crippen LogP) is 1.84. The minimum absolute atomic E-state index is 0.357. The summed E-state index contributed by atoms with van der Waals surface area (Å²) in [6, 6.07) is 11.3. The monoisotopic (exact) mass is 256 g/mol. The third-order valence-electron chi connectivity index (χ3n) is 3.74. The van der Waals surface area contributed by atoms with Crippen LogP contribution in [-0.2, 0) is 0 Å². The highest BCUT2D eigenvalue weighted by molar-refractivity contribution is 6.58. The van der Waals surface area contributed by atoms with Gasteiger partial charge in [-0.3, -0.25) is 0 Å². The van der Waals surface area contributed by atoms with Gasteiger partial charge in [0.2, 0.25) is 0 Å². The molecule has 1 saturated carbocycles. The van der Waals surface area contributed by atoms with Crippen molar-refractivity contribution in [1.82, 2.24) is 0 Å². The van der Waals surface area contributed by atoms with Gasteiger partial charge >= 0.3 is 7.12 Å². The molecule has 98 valence electrons. The standard InChI is InChI=1S/C15H17BO3/c17-16(18)13-7-5-12-10-15(8-6-11(12)9-13)19-14-3-1-2-4-14/h5-10,14,17-18H,1-4H2. The Bertz CT molecular complexity index is 577. The minimum atomic E-state index is -1.42. The summed E-state index contributed by atoms with van der Waals surface area (Å²) < 4.78 is 5.96. The smallest absolute Gasteiger partial charge is 0.488 e. The molecule has 2 aromatic carbocycles. The Morgan fingerprint density at radius 3 is 2.37 bits per heavy atom. The second-order valence-corrected chi connectivity index (χ2v) is 5.17. The molecule has 0 aromatic heterocycles. The fraction of sp³-hybridized carbons (Fsp3) is 0.333. The lowest BCUT2D eigenvalue weighted by atomic mass is 9.79. The number of benzene rings is 2. The van der Waals surface area contributed by atoms with E-state index in [4.69, 9.17) is 14.8 Å².